The molecule has 0 fully saturated rings. The van der Waals surface area contributed by atoms with Crippen molar-refractivity contribution < 1.29 is 4.39 Å². The van der Waals surface area contributed by atoms with Crippen LogP contribution in [0.5, 0.6) is 0 Å². The van der Waals surface area contributed by atoms with Crippen LogP contribution in [-0.2, 0) is 6.42 Å². The van der Waals surface area contributed by atoms with Crippen molar-refractivity contribution in [1.82, 2.24) is 0 Å². The maximum absolute atomic E-state index is 13.1. The number of fused-ring (bicyclic) bond motifs is 1. The SMILES string of the molecule is CN.CN.CN.NC1CCc2cccc(F)c21. The fourth-order valence-electron chi connectivity index (χ4n) is 1.67. The molecule has 1 aliphatic rings. The molecule has 1 aromatic rings. The summed E-state index contributed by atoms with van der Waals surface area (Å²) in [5, 5.41) is 0. The Morgan fingerprint density at radius 1 is 1.06 bits per heavy atom. The number of hydrogen-bond donors (Lipinski definition) is 4. The standard InChI is InChI=1S/C9H10FN.3CH5N/c10-7-3-1-2-6-4-5-8(11)9(6)7;3*1-2/h1-3,8H,4-5,11H2;3*2H2,1H3. The average Bonchev–Trinajstić information content (AvgIpc) is 2.80. The van der Waals surface area contributed by atoms with Crippen molar-refractivity contribution in [3.05, 3.63) is 35.1 Å². The van der Waals surface area contributed by atoms with Gasteiger partial charge in [0.25, 0.3) is 0 Å². The minimum Gasteiger partial charge on any atom is -0.333 e. The number of rotatable bonds is 0. The highest BCUT2D eigenvalue weighted by Crippen LogP contribution is 2.30. The lowest BCUT2D eigenvalue weighted by Crippen LogP contribution is -2.07. The number of benzene rings is 1. The van der Waals surface area contributed by atoms with Crippen LogP contribution >= 0.6 is 0 Å². The molecule has 0 aliphatic heterocycles. The Bertz CT molecular complexity index is 292. The van der Waals surface area contributed by atoms with E-state index in [1.165, 1.54) is 27.2 Å². The second-order valence-corrected chi connectivity index (χ2v) is 2.96. The summed E-state index contributed by atoms with van der Waals surface area (Å²) in [5.74, 6) is -0.146. The third-order valence-corrected chi connectivity index (χ3v) is 2.24. The van der Waals surface area contributed by atoms with E-state index >= 15 is 0 Å². The molecule has 0 bridgehead atoms. The van der Waals surface area contributed by atoms with Crippen LogP contribution in [0, 0.1) is 5.82 Å². The van der Waals surface area contributed by atoms with Crippen molar-refractivity contribution >= 4 is 0 Å². The average molecular weight is 244 g/mol. The van der Waals surface area contributed by atoms with Gasteiger partial charge in [0.2, 0.25) is 0 Å². The van der Waals surface area contributed by atoms with Gasteiger partial charge in [0.15, 0.2) is 0 Å². The van der Waals surface area contributed by atoms with E-state index in [4.69, 9.17) is 5.73 Å². The summed E-state index contributed by atoms with van der Waals surface area (Å²) in [7, 11) is 4.50. The number of nitrogens with two attached hydrogens (primary N) is 4. The Labute approximate surface area is 103 Å². The normalized spacial score (nSPS) is 15.2. The lowest BCUT2D eigenvalue weighted by Gasteiger charge is -2.04. The molecule has 0 aromatic heterocycles. The molecule has 100 valence electrons. The molecule has 8 N–H and O–H groups in total. The summed E-state index contributed by atoms with van der Waals surface area (Å²) in [4.78, 5) is 0. The van der Waals surface area contributed by atoms with Gasteiger partial charge in [-0.1, -0.05) is 12.1 Å². The van der Waals surface area contributed by atoms with Crippen molar-refractivity contribution in [1.29, 1.82) is 0 Å². The smallest absolute Gasteiger partial charge is 0.128 e. The summed E-state index contributed by atoms with van der Waals surface area (Å²) in [5.41, 5.74) is 21.0. The van der Waals surface area contributed by atoms with E-state index in [1.54, 1.807) is 6.07 Å². The molecule has 1 atom stereocenters. The molecule has 0 radical (unpaired) electrons. The molecule has 0 amide bonds. The largest absolute Gasteiger partial charge is 0.333 e. The van der Waals surface area contributed by atoms with Gasteiger partial charge in [-0.05, 0) is 45.6 Å². The van der Waals surface area contributed by atoms with Gasteiger partial charge < -0.3 is 22.9 Å². The summed E-state index contributed by atoms with van der Waals surface area (Å²) < 4.78 is 13.1. The predicted octanol–water partition coefficient (Wildman–Crippen LogP) is 0.496. The van der Waals surface area contributed by atoms with E-state index in [1.807, 2.05) is 6.07 Å². The summed E-state index contributed by atoms with van der Waals surface area (Å²) >= 11 is 0. The highest BCUT2D eigenvalue weighted by molar-refractivity contribution is 5.35. The minimum atomic E-state index is -0.146. The first kappa shape index (κ1) is 18.4. The number of hydrogen-bond acceptors (Lipinski definition) is 4. The van der Waals surface area contributed by atoms with Gasteiger partial charge in [0, 0.05) is 11.6 Å². The van der Waals surface area contributed by atoms with E-state index in [9.17, 15) is 4.39 Å². The third-order valence-electron chi connectivity index (χ3n) is 2.24. The number of aryl methyl sites for hydroxylation is 1. The monoisotopic (exact) mass is 244 g/mol. The molecule has 0 spiro atoms. The third kappa shape index (κ3) is 5.23. The first-order valence-corrected chi connectivity index (χ1v) is 5.55. The topological polar surface area (TPSA) is 104 Å². The number of halogens is 1. The van der Waals surface area contributed by atoms with Crippen LogP contribution in [0.3, 0.4) is 0 Å². The van der Waals surface area contributed by atoms with Gasteiger partial charge >= 0.3 is 0 Å². The summed E-state index contributed by atoms with van der Waals surface area (Å²) in [6, 6.07) is 5.09. The van der Waals surface area contributed by atoms with Crippen LogP contribution in [0.4, 0.5) is 4.39 Å². The molecule has 1 aliphatic carbocycles. The van der Waals surface area contributed by atoms with Crippen molar-refractivity contribution in [2.75, 3.05) is 21.1 Å². The van der Waals surface area contributed by atoms with Gasteiger partial charge in [-0.2, -0.15) is 0 Å². The van der Waals surface area contributed by atoms with Crippen molar-refractivity contribution in [2.45, 2.75) is 18.9 Å². The fourth-order valence-corrected chi connectivity index (χ4v) is 1.67. The van der Waals surface area contributed by atoms with Crippen molar-refractivity contribution in [2.24, 2.45) is 22.9 Å². The Balaban J connectivity index is 0. The minimum absolute atomic E-state index is 0.0776. The molecule has 2 rings (SSSR count). The Morgan fingerprint density at radius 3 is 2.06 bits per heavy atom. The lowest BCUT2D eigenvalue weighted by atomic mass is 10.1. The van der Waals surface area contributed by atoms with Crippen molar-refractivity contribution in [3.8, 4) is 0 Å². The van der Waals surface area contributed by atoms with E-state index in [-0.39, 0.29) is 11.9 Å². The van der Waals surface area contributed by atoms with Gasteiger partial charge in [-0.15, -0.1) is 0 Å². The molecular weight excluding hydrogens is 219 g/mol. The van der Waals surface area contributed by atoms with Gasteiger partial charge in [-0.3, -0.25) is 0 Å². The van der Waals surface area contributed by atoms with Crippen LogP contribution in [0.15, 0.2) is 18.2 Å². The predicted molar refractivity (Wildman–Crippen MR) is 72.0 cm³/mol. The molecule has 0 saturated heterocycles. The zero-order chi connectivity index (χ0) is 13.8. The highest BCUT2D eigenvalue weighted by atomic mass is 19.1. The van der Waals surface area contributed by atoms with Crippen LogP contribution in [-0.4, -0.2) is 21.1 Å². The van der Waals surface area contributed by atoms with E-state index in [0.29, 0.717) is 0 Å². The molecule has 4 nitrogen and oxygen atoms in total. The Hall–Kier alpha value is -1.01. The summed E-state index contributed by atoms with van der Waals surface area (Å²) in [6.07, 6.45) is 1.81. The molecule has 1 unspecified atom stereocenters. The second-order valence-electron chi connectivity index (χ2n) is 2.96. The Morgan fingerprint density at radius 2 is 1.59 bits per heavy atom. The zero-order valence-corrected chi connectivity index (χ0v) is 10.9. The molecule has 0 saturated carbocycles. The van der Waals surface area contributed by atoms with Crippen LogP contribution in [0.25, 0.3) is 0 Å². The van der Waals surface area contributed by atoms with E-state index in [0.717, 1.165) is 24.0 Å². The van der Waals surface area contributed by atoms with Crippen LogP contribution in [0.1, 0.15) is 23.6 Å². The summed E-state index contributed by atoms with van der Waals surface area (Å²) in [6.45, 7) is 0. The molecule has 17 heavy (non-hydrogen) atoms. The van der Waals surface area contributed by atoms with Crippen LogP contribution < -0.4 is 22.9 Å². The maximum atomic E-state index is 13.1. The van der Waals surface area contributed by atoms with Gasteiger partial charge in [0.05, 0.1) is 0 Å². The van der Waals surface area contributed by atoms with E-state index < -0.39 is 0 Å². The van der Waals surface area contributed by atoms with E-state index in [2.05, 4.69) is 17.2 Å². The maximum Gasteiger partial charge on any atom is 0.128 e. The fraction of sp³-hybridized carbons (Fsp3) is 0.500. The van der Waals surface area contributed by atoms with Gasteiger partial charge in [0.1, 0.15) is 5.82 Å². The molecule has 1 aromatic carbocycles. The Kier molecular flexibility index (Phi) is 12.4. The quantitative estimate of drug-likeness (QED) is 0.533. The lowest BCUT2D eigenvalue weighted by molar-refractivity contribution is 0.589. The van der Waals surface area contributed by atoms with Crippen molar-refractivity contribution in [3.63, 3.8) is 0 Å². The molecule has 0 heterocycles. The van der Waals surface area contributed by atoms with Gasteiger partial charge in [-0.25, -0.2) is 4.39 Å². The first-order valence-electron chi connectivity index (χ1n) is 5.55. The molecule has 5 heteroatoms. The first-order chi connectivity index (χ1) is 8.29. The zero-order valence-electron chi connectivity index (χ0n) is 10.9. The van der Waals surface area contributed by atoms with Crippen LogP contribution in [0.2, 0.25) is 0 Å². The molecular formula is C12H25FN4. The highest BCUT2D eigenvalue weighted by Gasteiger charge is 2.21. The second kappa shape index (κ2) is 11.5.